The van der Waals surface area contributed by atoms with Gasteiger partial charge in [0.15, 0.2) is 5.78 Å². The van der Waals surface area contributed by atoms with Crippen LogP contribution in [0, 0.1) is 5.92 Å². The molecule has 2 heteroatoms. The van der Waals surface area contributed by atoms with E-state index < -0.39 is 0 Å². The van der Waals surface area contributed by atoms with Crippen LogP contribution in [-0.2, 0) is 6.42 Å². The maximum atomic E-state index is 12.6. The number of benzene rings is 1. The van der Waals surface area contributed by atoms with E-state index in [1.54, 1.807) is 0 Å². The summed E-state index contributed by atoms with van der Waals surface area (Å²) >= 11 is 0. The summed E-state index contributed by atoms with van der Waals surface area (Å²) < 4.78 is 5.50. The van der Waals surface area contributed by atoms with Crippen molar-refractivity contribution in [2.75, 3.05) is 6.61 Å². The monoisotopic (exact) mass is 258 g/mol. The van der Waals surface area contributed by atoms with Crippen molar-refractivity contribution in [2.45, 2.75) is 51.4 Å². The first kappa shape index (κ1) is 12.7. The predicted molar refractivity (Wildman–Crippen MR) is 75.8 cm³/mol. The highest BCUT2D eigenvalue weighted by Gasteiger charge is 2.22. The van der Waals surface area contributed by atoms with Gasteiger partial charge in [0.1, 0.15) is 5.75 Å². The lowest BCUT2D eigenvalue weighted by Crippen LogP contribution is -2.16. The van der Waals surface area contributed by atoms with E-state index in [1.165, 1.54) is 37.7 Å². The van der Waals surface area contributed by atoms with Crippen molar-refractivity contribution in [3.63, 3.8) is 0 Å². The van der Waals surface area contributed by atoms with Gasteiger partial charge in [-0.15, -0.1) is 0 Å². The Bertz CT molecular complexity index is 456. The summed E-state index contributed by atoms with van der Waals surface area (Å²) in [4.78, 5) is 12.6. The third-order valence-electron chi connectivity index (χ3n) is 4.45. The number of hydrogen-bond acceptors (Lipinski definition) is 2. The fourth-order valence-corrected chi connectivity index (χ4v) is 3.29. The number of rotatable bonds is 2. The second-order valence-electron chi connectivity index (χ2n) is 5.83. The summed E-state index contributed by atoms with van der Waals surface area (Å²) in [6.45, 7) is 0.760. The molecule has 0 spiro atoms. The van der Waals surface area contributed by atoms with Gasteiger partial charge < -0.3 is 4.74 Å². The Morgan fingerprint density at radius 3 is 2.58 bits per heavy atom. The van der Waals surface area contributed by atoms with Gasteiger partial charge in [-0.3, -0.25) is 4.79 Å². The Kier molecular flexibility index (Phi) is 3.86. The Morgan fingerprint density at radius 2 is 1.79 bits per heavy atom. The molecule has 0 aromatic heterocycles. The molecular formula is C17H22O2. The third kappa shape index (κ3) is 2.83. The maximum Gasteiger partial charge on any atom is 0.165 e. The first-order valence-corrected chi connectivity index (χ1v) is 7.64. The van der Waals surface area contributed by atoms with E-state index >= 15 is 0 Å². The van der Waals surface area contributed by atoms with Crippen LogP contribution in [0.25, 0.3) is 0 Å². The molecule has 2 aliphatic rings. The number of Topliss-reactive ketones (excluding diaryl/α,β-unsaturated/α-hetero) is 1. The number of ketones is 1. The van der Waals surface area contributed by atoms with E-state index in [9.17, 15) is 4.79 Å². The van der Waals surface area contributed by atoms with E-state index in [-0.39, 0.29) is 5.92 Å². The second kappa shape index (κ2) is 5.77. The average Bonchev–Trinajstić information content (AvgIpc) is 2.84. The molecule has 0 amide bonds. The van der Waals surface area contributed by atoms with Crippen LogP contribution in [0.1, 0.15) is 60.9 Å². The van der Waals surface area contributed by atoms with Crippen LogP contribution in [0.5, 0.6) is 5.75 Å². The van der Waals surface area contributed by atoms with Crippen LogP contribution < -0.4 is 4.74 Å². The van der Waals surface area contributed by atoms with Gasteiger partial charge in [-0.1, -0.05) is 32.1 Å². The molecule has 0 atom stereocenters. The topological polar surface area (TPSA) is 26.3 Å². The lowest BCUT2D eigenvalue weighted by Gasteiger charge is -2.18. The Morgan fingerprint density at radius 1 is 1.05 bits per heavy atom. The predicted octanol–water partition coefficient (Wildman–Crippen LogP) is 4.16. The minimum atomic E-state index is 0.251. The van der Waals surface area contributed by atoms with Crippen LogP contribution in [0.4, 0.5) is 0 Å². The fourth-order valence-electron chi connectivity index (χ4n) is 3.29. The molecule has 0 N–H and O–H groups in total. The average molecular weight is 258 g/mol. The van der Waals surface area contributed by atoms with E-state index in [4.69, 9.17) is 4.74 Å². The van der Waals surface area contributed by atoms with E-state index in [0.29, 0.717) is 5.78 Å². The zero-order valence-corrected chi connectivity index (χ0v) is 11.5. The van der Waals surface area contributed by atoms with Gasteiger partial charge >= 0.3 is 0 Å². The zero-order chi connectivity index (χ0) is 13.1. The number of hydrogen-bond donors (Lipinski definition) is 0. The van der Waals surface area contributed by atoms with Gasteiger partial charge in [-0.2, -0.15) is 0 Å². The molecule has 0 bridgehead atoms. The molecule has 1 saturated carbocycles. The molecule has 1 fully saturated rings. The standard InChI is InChI=1S/C17H22O2/c18-17(13-6-4-2-1-3-5-7-13)15-8-9-16-14(12-15)10-11-19-16/h8-9,12-13H,1-7,10-11H2. The summed E-state index contributed by atoms with van der Waals surface area (Å²) in [6, 6.07) is 5.98. The van der Waals surface area contributed by atoms with Gasteiger partial charge in [-0.05, 0) is 36.6 Å². The summed E-state index contributed by atoms with van der Waals surface area (Å²) in [5.74, 6) is 1.58. The van der Waals surface area contributed by atoms with Crippen molar-refractivity contribution in [1.29, 1.82) is 0 Å². The summed E-state index contributed by atoms with van der Waals surface area (Å²) in [7, 11) is 0. The van der Waals surface area contributed by atoms with Crippen molar-refractivity contribution in [1.82, 2.24) is 0 Å². The highest BCUT2D eigenvalue weighted by molar-refractivity contribution is 5.98. The molecule has 19 heavy (non-hydrogen) atoms. The first-order valence-electron chi connectivity index (χ1n) is 7.64. The summed E-state index contributed by atoms with van der Waals surface area (Å²) in [5.41, 5.74) is 2.10. The molecule has 1 heterocycles. The Balaban J connectivity index is 1.75. The normalized spacial score (nSPS) is 20.2. The minimum absolute atomic E-state index is 0.251. The van der Waals surface area contributed by atoms with Gasteiger partial charge in [0.05, 0.1) is 6.61 Å². The molecule has 1 aromatic rings. The maximum absolute atomic E-state index is 12.6. The lowest BCUT2D eigenvalue weighted by atomic mass is 9.85. The van der Waals surface area contributed by atoms with Crippen LogP contribution >= 0.6 is 0 Å². The summed E-state index contributed by atoms with van der Waals surface area (Å²) in [6.07, 6.45) is 9.45. The smallest absolute Gasteiger partial charge is 0.165 e. The van der Waals surface area contributed by atoms with Crippen molar-refractivity contribution in [3.05, 3.63) is 29.3 Å². The largest absolute Gasteiger partial charge is 0.493 e. The van der Waals surface area contributed by atoms with Gasteiger partial charge in [0.25, 0.3) is 0 Å². The molecule has 1 aliphatic heterocycles. The zero-order valence-electron chi connectivity index (χ0n) is 11.5. The number of carbonyl (C=O) groups excluding carboxylic acids is 1. The van der Waals surface area contributed by atoms with E-state index in [0.717, 1.165) is 37.2 Å². The molecular weight excluding hydrogens is 236 g/mol. The van der Waals surface area contributed by atoms with Gasteiger partial charge in [0, 0.05) is 17.9 Å². The van der Waals surface area contributed by atoms with Crippen LogP contribution in [0.3, 0.4) is 0 Å². The van der Waals surface area contributed by atoms with Crippen molar-refractivity contribution >= 4 is 5.78 Å². The molecule has 1 aromatic carbocycles. The van der Waals surface area contributed by atoms with E-state index in [1.807, 2.05) is 12.1 Å². The van der Waals surface area contributed by atoms with Crippen LogP contribution in [0.15, 0.2) is 18.2 Å². The molecule has 3 rings (SSSR count). The Hall–Kier alpha value is -1.31. The molecule has 0 unspecified atom stereocenters. The van der Waals surface area contributed by atoms with Crippen molar-refractivity contribution in [3.8, 4) is 5.75 Å². The van der Waals surface area contributed by atoms with Crippen LogP contribution in [-0.4, -0.2) is 12.4 Å². The number of ether oxygens (including phenoxy) is 1. The van der Waals surface area contributed by atoms with Gasteiger partial charge in [0.2, 0.25) is 0 Å². The van der Waals surface area contributed by atoms with Crippen molar-refractivity contribution < 1.29 is 9.53 Å². The quantitative estimate of drug-likeness (QED) is 0.744. The molecule has 102 valence electrons. The highest BCUT2D eigenvalue weighted by Crippen LogP contribution is 2.29. The molecule has 0 radical (unpaired) electrons. The molecule has 2 nitrogen and oxygen atoms in total. The minimum Gasteiger partial charge on any atom is -0.493 e. The Labute approximate surface area is 115 Å². The molecule has 1 aliphatic carbocycles. The summed E-state index contributed by atoms with van der Waals surface area (Å²) in [5, 5.41) is 0. The number of carbonyl (C=O) groups is 1. The van der Waals surface area contributed by atoms with Crippen LogP contribution in [0.2, 0.25) is 0 Å². The third-order valence-corrected chi connectivity index (χ3v) is 4.45. The second-order valence-corrected chi connectivity index (χ2v) is 5.83. The molecule has 0 saturated heterocycles. The first-order chi connectivity index (χ1) is 9.34. The highest BCUT2D eigenvalue weighted by atomic mass is 16.5. The van der Waals surface area contributed by atoms with Crippen molar-refractivity contribution in [2.24, 2.45) is 5.92 Å². The SMILES string of the molecule is O=C(c1ccc2c(c1)CCO2)C1CCCCCCC1. The lowest BCUT2D eigenvalue weighted by molar-refractivity contribution is 0.0898. The fraction of sp³-hybridized carbons (Fsp3) is 0.588. The van der Waals surface area contributed by atoms with Gasteiger partial charge in [-0.25, -0.2) is 0 Å². The van der Waals surface area contributed by atoms with E-state index in [2.05, 4.69) is 6.07 Å². The number of fused-ring (bicyclic) bond motifs is 1.